The molecule has 8 heteroatoms. The molecule has 0 saturated heterocycles. The first-order chi connectivity index (χ1) is 16.0. The minimum atomic E-state index is -0.256. The zero-order valence-corrected chi connectivity index (χ0v) is 19.3. The van der Waals surface area contributed by atoms with Crippen LogP contribution in [0.2, 0.25) is 0 Å². The van der Waals surface area contributed by atoms with Crippen LogP contribution in [0.15, 0.2) is 76.7 Å². The molecular formula is C25H23N3O4S. The quantitative estimate of drug-likeness (QED) is 0.324. The van der Waals surface area contributed by atoms with Crippen molar-refractivity contribution in [3.63, 3.8) is 0 Å². The van der Waals surface area contributed by atoms with Crippen LogP contribution < -0.4 is 20.3 Å². The van der Waals surface area contributed by atoms with Crippen molar-refractivity contribution in [1.82, 2.24) is 9.55 Å². The van der Waals surface area contributed by atoms with Crippen molar-refractivity contribution >= 4 is 34.3 Å². The van der Waals surface area contributed by atoms with E-state index >= 15 is 0 Å². The summed E-state index contributed by atoms with van der Waals surface area (Å²) in [6, 6.07) is 20.1. The number of amides is 1. The van der Waals surface area contributed by atoms with Crippen LogP contribution in [0.3, 0.4) is 0 Å². The van der Waals surface area contributed by atoms with Gasteiger partial charge in [-0.3, -0.25) is 14.2 Å². The van der Waals surface area contributed by atoms with Gasteiger partial charge in [-0.1, -0.05) is 47.7 Å². The highest BCUT2D eigenvalue weighted by Crippen LogP contribution is 2.31. The molecule has 1 N–H and O–H groups in total. The van der Waals surface area contributed by atoms with Crippen LogP contribution in [0, 0.1) is 6.92 Å². The number of thioether (sulfide) groups is 1. The predicted molar refractivity (Wildman–Crippen MR) is 131 cm³/mol. The first-order valence-corrected chi connectivity index (χ1v) is 11.2. The number of carbonyl (C=O) groups is 1. The van der Waals surface area contributed by atoms with Gasteiger partial charge in [-0.15, -0.1) is 0 Å². The smallest absolute Gasteiger partial charge is 0.266 e. The maximum atomic E-state index is 13.5. The van der Waals surface area contributed by atoms with Crippen LogP contribution in [-0.4, -0.2) is 35.4 Å². The molecule has 0 unspecified atom stereocenters. The molecule has 0 bridgehead atoms. The number of carbonyl (C=O) groups excluding carboxylic acids is 1. The molecule has 0 aliphatic rings. The van der Waals surface area contributed by atoms with E-state index in [4.69, 9.17) is 14.5 Å². The normalized spacial score (nSPS) is 10.8. The highest BCUT2D eigenvalue weighted by atomic mass is 32.2. The van der Waals surface area contributed by atoms with E-state index in [2.05, 4.69) is 5.32 Å². The molecule has 0 aliphatic heterocycles. The average Bonchev–Trinajstić information content (AvgIpc) is 2.84. The van der Waals surface area contributed by atoms with Gasteiger partial charge in [0.2, 0.25) is 5.91 Å². The summed E-state index contributed by atoms with van der Waals surface area (Å²) in [5.41, 5.74) is 2.70. The number of nitrogens with one attached hydrogen (secondary N) is 1. The van der Waals surface area contributed by atoms with Crippen molar-refractivity contribution in [2.75, 3.05) is 25.3 Å². The van der Waals surface area contributed by atoms with E-state index in [1.165, 1.54) is 30.5 Å². The van der Waals surface area contributed by atoms with E-state index in [1.54, 1.807) is 12.1 Å². The third kappa shape index (κ3) is 4.85. The van der Waals surface area contributed by atoms with E-state index < -0.39 is 0 Å². The second kappa shape index (κ2) is 9.79. The second-order valence-corrected chi connectivity index (χ2v) is 8.24. The van der Waals surface area contributed by atoms with Crippen molar-refractivity contribution in [2.45, 2.75) is 12.1 Å². The monoisotopic (exact) mass is 461 g/mol. The largest absolute Gasteiger partial charge is 0.493 e. The van der Waals surface area contributed by atoms with Crippen molar-refractivity contribution in [3.8, 4) is 17.2 Å². The fourth-order valence-electron chi connectivity index (χ4n) is 3.36. The highest BCUT2D eigenvalue weighted by molar-refractivity contribution is 7.99. The number of methoxy groups -OCH3 is 2. The van der Waals surface area contributed by atoms with E-state index in [0.717, 1.165) is 11.3 Å². The molecule has 4 rings (SSSR count). The average molecular weight is 462 g/mol. The number of nitrogens with zero attached hydrogens (tertiary/aromatic N) is 2. The maximum absolute atomic E-state index is 13.5. The van der Waals surface area contributed by atoms with Gasteiger partial charge in [-0.05, 0) is 37.3 Å². The molecule has 33 heavy (non-hydrogen) atoms. The number of aromatic nitrogens is 2. The Morgan fingerprint density at radius 1 is 1.00 bits per heavy atom. The lowest BCUT2D eigenvalue weighted by atomic mass is 10.2. The van der Waals surface area contributed by atoms with Gasteiger partial charge in [0.15, 0.2) is 16.7 Å². The number of fused-ring (bicyclic) bond motifs is 1. The molecule has 4 aromatic rings. The zero-order chi connectivity index (χ0) is 23.4. The Morgan fingerprint density at radius 3 is 2.33 bits per heavy atom. The van der Waals surface area contributed by atoms with Crippen molar-refractivity contribution < 1.29 is 14.3 Å². The topological polar surface area (TPSA) is 82.5 Å². The molecule has 0 saturated carbocycles. The predicted octanol–water partition coefficient (Wildman–Crippen LogP) is 4.44. The summed E-state index contributed by atoms with van der Waals surface area (Å²) in [6.07, 6.45) is 0. The van der Waals surface area contributed by atoms with Crippen molar-refractivity contribution in [1.29, 1.82) is 0 Å². The molecule has 0 radical (unpaired) electrons. The van der Waals surface area contributed by atoms with Gasteiger partial charge in [0, 0.05) is 11.8 Å². The molecule has 1 heterocycles. The summed E-state index contributed by atoms with van der Waals surface area (Å²) in [6.45, 7) is 1.99. The number of hydrogen-bond acceptors (Lipinski definition) is 6. The molecule has 168 valence electrons. The number of aryl methyl sites for hydroxylation is 1. The maximum Gasteiger partial charge on any atom is 0.266 e. The van der Waals surface area contributed by atoms with Gasteiger partial charge >= 0.3 is 0 Å². The van der Waals surface area contributed by atoms with Gasteiger partial charge in [0.25, 0.3) is 5.56 Å². The van der Waals surface area contributed by atoms with Gasteiger partial charge in [0.1, 0.15) is 0 Å². The second-order valence-electron chi connectivity index (χ2n) is 7.30. The summed E-state index contributed by atoms with van der Waals surface area (Å²) < 4.78 is 12.2. The zero-order valence-electron chi connectivity index (χ0n) is 18.5. The molecular weight excluding hydrogens is 438 g/mol. The Kier molecular flexibility index (Phi) is 6.65. The summed E-state index contributed by atoms with van der Waals surface area (Å²) in [5.74, 6) is 0.820. The minimum absolute atomic E-state index is 0.0892. The Labute approximate surface area is 195 Å². The number of para-hydroxylation sites is 1. The van der Waals surface area contributed by atoms with Crippen molar-refractivity contribution in [3.05, 3.63) is 82.6 Å². The fraction of sp³-hybridized carbons (Fsp3) is 0.160. The van der Waals surface area contributed by atoms with Crippen LogP contribution in [0.5, 0.6) is 11.5 Å². The molecule has 0 atom stereocenters. The number of benzene rings is 3. The Morgan fingerprint density at radius 2 is 1.67 bits per heavy atom. The minimum Gasteiger partial charge on any atom is -0.493 e. The van der Waals surface area contributed by atoms with Crippen LogP contribution in [0.4, 0.5) is 5.69 Å². The first kappa shape index (κ1) is 22.4. The van der Waals surface area contributed by atoms with Gasteiger partial charge < -0.3 is 14.8 Å². The van der Waals surface area contributed by atoms with Crippen LogP contribution >= 0.6 is 11.8 Å². The number of anilines is 1. The lowest BCUT2D eigenvalue weighted by Gasteiger charge is -2.15. The van der Waals surface area contributed by atoms with E-state index in [1.807, 2.05) is 61.5 Å². The van der Waals surface area contributed by atoms with E-state index in [0.29, 0.717) is 33.2 Å². The SMILES string of the molecule is COc1cc2nc(SCC(=O)Nc3ccc(C)cc3)n(-c3ccccc3)c(=O)c2cc1OC. The Balaban J connectivity index is 1.73. The van der Waals surface area contributed by atoms with Crippen molar-refractivity contribution in [2.24, 2.45) is 0 Å². The molecule has 0 aliphatic carbocycles. The van der Waals surface area contributed by atoms with Crippen LogP contribution in [-0.2, 0) is 4.79 Å². The molecule has 1 aromatic heterocycles. The summed E-state index contributed by atoms with van der Waals surface area (Å²) >= 11 is 1.19. The number of hydrogen-bond donors (Lipinski definition) is 1. The first-order valence-electron chi connectivity index (χ1n) is 10.2. The molecule has 0 fully saturated rings. The molecule has 3 aromatic carbocycles. The highest BCUT2D eigenvalue weighted by Gasteiger charge is 2.17. The third-order valence-corrected chi connectivity index (χ3v) is 5.96. The van der Waals surface area contributed by atoms with Gasteiger partial charge in [-0.25, -0.2) is 4.98 Å². The standard InChI is InChI=1S/C25H23N3O4S/c1-16-9-11-17(12-10-16)26-23(29)15-33-25-27-20-14-22(32-3)21(31-2)13-19(20)24(30)28(25)18-7-5-4-6-8-18/h4-14H,15H2,1-3H3,(H,26,29). The molecule has 1 amide bonds. The Hall–Kier alpha value is -3.78. The fourth-order valence-corrected chi connectivity index (χ4v) is 4.17. The number of rotatable bonds is 7. The summed E-state index contributed by atoms with van der Waals surface area (Å²) in [4.78, 5) is 30.8. The Bertz CT molecular complexity index is 1350. The van der Waals surface area contributed by atoms with E-state index in [-0.39, 0.29) is 17.2 Å². The van der Waals surface area contributed by atoms with Gasteiger partial charge in [-0.2, -0.15) is 0 Å². The summed E-state index contributed by atoms with van der Waals surface area (Å²) in [5, 5.41) is 3.67. The van der Waals surface area contributed by atoms with Gasteiger partial charge in [0.05, 0.1) is 36.6 Å². The number of ether oxygens (including phenoxy) is 2. The summed E-state index contributed by atoms with van der Waals surface area (Å²) in [7, 11) is 3.05. The molecule has 0 spiro atoms. The third-order valence-electron chi connectivity index (χ3n) is 5.02. The molecule has 7 nitrogen and oxygen atoms in total. The van der Waals surface area contributed by atoms with Crippen LogP contribution in [0.1, 0.15) is 5.56 Å². The van der Waals surface area contributed by atoms with Crippen LogP contribution in [0.25, 0.3) is 16.6 Å². The lowest BCUT2D eigenvalue weighted by Crippen LogP contribution is -2.23. The van der Waals surface area contributed by atoms with E-state index in [9.17, 15) is 9.59 Å². The lowest BCUT2D eigenvalue weighted by molar-refractivity contribution is -0.113.